The van der Waals surface area contributed by atoms with Crippen LogP contribution in [0.1, 0.15) is 54.4 Å². The Hall–Kier alpha value is -2.36. The minimum atomic E-state index is -4.99. The molecular weight excluding hydrogens is 516 g/mol. The normalized spacial score (nSPS) is 12.9. The third kappa shape index (κ3) is 7.56. The van der Waals surface area contributed by atoms with Crippen molar-refractivity contribution < 1.29 is 35.6 Å². The molecule has 35 heavy (non-hydrogen) atoms. The minimum Gasteiger partial charge on any atom is -0.416 e. The summed E-state index contributed by atoms with van der Waals surface area (Å²) in [5.41, 5.74) is -3.67. The quantitative estimate of drug-likeness (QED) is 0.103. The number of carbonyl (C=O) groups is 1. The number of rotatable bonds is 6. The van der Waals surface area contributed by atoms with Crippen molar-refractivity contribution in [2.45, 2.75) is 64.2 Å². The molecule has 0 N–H and O–H groups in total. The summed E-state index contributed by atoms with van der Waals surface area (Å²) in [4.78, 5) is 12.3. The van der Waals surface area contributed by atoms with Crippen molar-refractivity contribution in [2.75, 3.05) is 6.61 Å². The predicted octanol–water partition coefficient (Wildman–Crippen LogP) is 6.62. The molecule has 1 aromatic heterocycles. The van der Waals surface area contributed by atoms with Gasteiger partial charge >= 0.3 is 12.4 Å². The Morgan fingerprint density at radius 1 is 1.06 bits per heavy atom. The van der Waals surface area contributed by atoms with E-state index in [1.165, 1.54) is 0 Å². The SMILES string of the molecule is CC(C)(C)[Si](C)(C)OCCC#CC(=O)c1nnn(Cc2cc(C(F)(F)F)cc(C(F)(F)F)c2)c1Cl. The number of halogens is 7. The zero-order chi connectivity index (χ0) is 26.8. The molecule has 2 rings (SSSR count). The summed E-state index contributed by atoms with van der Waals surface area (Å²) in [7, 11) is -1.96. The van der Waals surface area contributed by atoms with Crippen molar-refractivity contribution in [3.05, 3.63) is 45.7 Å². The van der Waals surface area contributed by atoms with Gasteiger partial charge in [0.1, 0.15) is 0 Å². The number of hydrogen-bond donors (Lipinski definition) is 0. The summed E-state index contributed by atoms with van der Waals surface area (Å²) in [6.45, 7) is 10.2. The molecule has 0 unspecified atom stereocenters. The number of carbonyl (C=O) groups excluding carboxylic acids is 1. The van der Waals surface area contributed by atoms with Crippen LogP contribution in [0.25, 0.3) is 0 Å². The van der Waals surface area contributed by atoms with Gasteiger partial charge in [-0.05, 0) is 47.8 Å². The molecule has 0 fully saturated rings. The summed E-state index contributed by atoms with van der Waals surface area (Å²) in [5, 5.41) is 6.83. The number of alkyl halides is 6. The zero-order valence-electron chi connectivity index (χ0n) is 19.7. The number of benzene rings is 1. The highest BCUT2D eigenvalue weighted by Gasteiger charge is 2.38. The molecule has 1 aromatic carbocycles. The average molecular weight is 540 g/mol. The molecule has 0 amide bonds. The van der Waals surface area contributed by atoms with Gasteiger partial charge in [-0.15, -0.1) is 5.10 Å². The minimum absolute atomic E-state index is 0.0166. The fourth-order valence-corrected chi connectivity index (χ4v) is 3.86. The van der Waals surface area contributed by atoms with Gasteiger partial charge in [-0.2, -0.15) is 26.3 Å². The predicted molar refractivity (Wildman–Crippen MR) is 120 cm³/mol. The molecule has 0 radical (unpaired) electrons. The highest BCUT2D eigenvalue weighted by atomic mass is 35.5. The largest absolute Gasteiger partial charge is 0.416 e. The van der Waals surface area contributed by atoms with Crippen LogP contribution in [0, 0.1) is 11.8 Å². The highest BCUT2D eigenvalue weighted by Crippen LogP contribution is 2.37. The van der Waals surface area contributed by atoms with E-state index in [1.807, 2.05) is 0 Å². The van der Waals surface area contributed by atoms with Crippen LogP contribution in [-0.2, 0) is 23.3 Å². The third-order valence-electron chi connectivity index (χ3n) is 5.57. The van der Waals surface area contributed by atoms with Crippen LogP contribution in [0.2, 0.25) is 23.3 Å². The first-order valence-electron chi connectivity index (χ1n) is 10.4. The topological polar surface area (TPSA) is 57.0 Å². The first-order chi connectivity index (χ1) is 15.8. The number of aromatic nitrogens is 3. The Morgan fingerprint density at radius 3 is 2.09 bits per heavy atom. The van der Waals surface area contributed by atoms with Gasteiger partial charge in [0.25, 0.3) is 5.78 Å². The molecule has 0 saturated carbocycles. The summed E-state index contributed by atoms with van der Waals surface area (Å²) in [6.07, 6.45) is -9.71. The van der Waals surface area contributed by atoms with Gasteiger partial charge in [-0.3, -0.25) is 4.79 Å². The standard InChI is InChI=1S/C22H24ClF6N3O2Si/c1-20(2,3)35(4,5)34-9-7-6-8-17(33)18-19(23)32(31-30-18)13-14-10-15(21(24,25)26)12-16(11-14)22(27,28)29/h10-12H,7,9,13H2,1-5H3. The van der Waals surface area contributed by atoms with Crippen LogP contribution in [0.5, 0.6) is 0 Å². The van der Waals surface area contributed by atoms with Crippen molar-refractivity contribution in [1.29, 1.82) is 0 Å². The van der Waals surface area contributed by atoms with E-state index in [9.17, 15) is 31.1 Å². The fourth-order valence-electron chi connectivity index (χ4n) is 2.60. The molecule has 0 aliphatic carbocycles. The molecule has 192 valence electrons. The van der Waals surface area contributed by atoms with Crippen LogP contribution >= 0.6 is 11.6 Å². The summed E-state index contributed by atoms with van der Waals surface area (Å²) in [6, 6.07) is 1.12. The molecule has 0 aliphatic rings. The van der Waals surface area contributed by atoms with E-state index >= 15 is 0 Å². The van der Waals surface area contributed by atoms with E-state index < -0.39 is 44.1 Å². The van der Waals surface area contributed by atoms with E-state index in [-0.39, 0.29) is 33.9 Å². The molecule has 0 saturated heterocycles. The van der Waals surface area contributed by atoms with E-state index in [1.54, 1.807) is 0 Å². The zero-order valence-corrected chi connectivity index (χ0v) is 21.4. The van der Waals surface area contributed by atoms with Crippen LogP contribution < -0.4 is 0 Å². The second-order valence-corrected chi connectivity index (χ2v) is 14.5. The summed E-state index contributed by atoms with van der Waals surface area (Å²) in [5.74, 6) is 4.22. The number of nitrogens with zero attached hydrogens (tertiary/aromatic N) is 3. The van der Waals surface area contributed by atoms with Gasteiger partial charge in [-0.25, -0.2) is 4.68 Å². The maximum Gasteiger partial charge on any atom is 0.416 e. The molecule has 0 spiro atoms. The Bertz CT molecular complexity index is 1110. The van der Waals surface area contributed by atoms with Crippen molar-refractivity contribution in [1.82, 2.24) is 15.0 Å². The molecule has 5 nitrogen and oxygen atoms in total. The van der Waals surface area contributed by atoms with E-state index in [2.05, 4.69) is 56.0 Å². The van der Waals surface area contributed by atoms with Gasteiger partial charge < -0.3 is 4.43 Å². The fraction of sp³-hybridized carbons (Fsp3) is 0.500. The lowest BCUT2D eigenvalue weighted by molar-refractivity contribution is -0.143. The Balaban J connectivity index is 2.16. The Morgan fingerprint density at radius 2 is 1.60 bits per heavy atom. The molecular formula is C22H24ClF6N3O2Si. The lowest BCUT2D eigenvalue weighted by Gasteiger charge is -2.35. The van der Waals surface area contributed by atoms with E-state index in [0.717, 1.165) is 4.68 Å². The highest BCUT2D eigenvalue weighted by molar-refractivity contribution is 6.74. The molecule has 0 bridgehead atoms. The van der Waals surface area contributed by atoms with E-state index in [4.69, 9.17) is 16.0 Å². The van der Waals surface area contributed by atoms with Gasteiger partial charge in [0.15, 0.2) is 19.2 Å². The van der Waals surface area contributed by atoms with Crippen LogP contribution in [-0.4, -0.2) is 35.7 Å². The van der Waals surface area contributed by atoms with Gasteiger partial charge in [0, 0.05) is 13.0 Å². The van der Waals surface area contributed by atoms with Crippen LogP contribution in [0.4, 0.5) is 26.3 Å². The van der Waals surface area contributed by atoms with Crippen molar-refractivity contribution in [2.24, 2.45) is 0 Å². The molecule has 2 aromatic rings. The lowest BCUT2D eigenvalue weighted by Crippen LogP contribution is -2.40. The van der Waals surface area contributed by atoms with Crippen molar-refractivity contribution in [3.63, 3.8) is 0 Å². The lowest BCUT2D eigenvalue weighted by atomic mass is 10.0. The first-order valence-corrected chi connectivity index (χ1v) is 13.7. The molecule has 1 heterocycles. The molecule has 13 heteroatoms. The van der Waals surface area contributed by atoms with E-state index in [0.29, 0.717) is 18.7 Å². The van der Waals surface area contributed by atoms with Crippen molar-refractivity contribution >= 4 is 25.7 Å². The van der Waals surface area contributed by atoms with Gasteiger partial charge in [0.2, 0.25) is 0 Å². The third-order valence-corrected chi connectivity index (χ3v) is 10.5. The summed E-state index contributed by atoms with van der Waals surface area (Å²) < 4.78 is 85.2. The van der Waals surface area contributed by atoms with Gasteiger partial charge in [0.05, 0.1) is 17.7 Å². The maximum atomic E-state index is 13.1. The smallest absolute Gasteiger partial charge is 0.416 e. The maximum absolute atomic E-state index is 13.1. The van der Waals surface area contributed by atoms with Crippen molar-refractivity contribution in [3.8, 4) is 11.8 Å². The Labute approximate surface area is 204 Å². The number of hydrogen-bond acceptors (Lipinski definition) is 4. The number of ketones is 1. The number of Topliss-reactive ketones (excluding diaryl/α,β-unsaturated/α-hetero) is 1. The summed E-state index contributed by atoms with van der Waals surface area (Å²) >= 11 is 6.06. The first kappa shape index (κ1) is 28.9. The second-order valence-electron chi connectivity index (χ2n) is 9.29. The van der Waals surface area contributed by atoms with Crippen LogP contribution in [0.3, 0.4) is 0 Å². The molecule has 0 atom stereocenters. The average Bonchev–Trinajstić information content (AvgIpc) is 3.05. The molecule has 0 aliphatic heterocycles. The van der Waals surface area contributed by atoms with Gasteiger partial charge in [-0.1, -0.05) is 43.5 Å². The Kier molecular flexibility index (Phi) is 8.51. The van der Waals surface area contributed by atoms with Crippen LogP contribution in [0.15, 0.2) is 18.2 Å². The second kappa shape index (κ2) is 10.3. The monoisotopic (exact) mass is 539 g/mol.